The third-order valence-electron chi connectivity index (χ3n) is 6.62. The number of amides is 1. The maximum absolute atomic E-state index is 15.3. The molecule has 0 bridgehead atoms. The quantitative estimate of drug-likeness (QED) is 0.604. The number of carbonyl (C=O) groups excluding carboxylic acids is 1. The number of rotatable bonds is 6. The van der Waals surface area contributed by atoms with Crippen molar-refractivity contribution in [3.8, 4) is 0 Å². The van der Waals surface area contributed by atoms with Crippen LogP contribution in [0.25, 0.3) is 10.9 Å². The fourth-order valence-corrected chi connectivity index (χ4v) is 4.56. The lowest BCUT2D eigenvalue weighted by Gasteiger charge is -2.36. The van der Waals surface area contributed by atoms with Crippen LogP contribution in [0.15, 0.2) is 60.8 Å². The highest BCUT2D eigenvalue weighted by atomic mass is 19.1. The molecule has 6 heteroatoms. The van der Waals surface area contributed by atoms with Crippen molar-refractivity contribution in [2.45, 2.75) is 43.5 Å². The van der Waals surface area contributed by atoms with Crippen molar-refractivity contribution < 1.29 is 13.9 Å². The first-order valence-electron chi connectivity index (χ1n) is 11.1. The van der Waals surface area contributed by atoms with Gasteiger partial charge in [-0.2, -0.15) is 0 Å². The summed E-state index contributed by atoms with van der Waals surface area (Å²) in [6, 6.07) is 18.2. The first-order chi connectivity index (χ1) is 15.1. The summed E-state index contributed by atoms with van der Waals surface area (Å²) in [7, 11) is 0. The lowest BCUT2D eigenvalue weighted by atomic mass is 9.93. The smallest absolute Gasteiger partial charge is 0.410 e. The lowest BCUT2D eigenvalue weighted by molar-refractivity contribution is 0.0408. The zero-order valence-electron chi connectivity index (χ0n) is 17.5. The van der Waals surface area contributed by atoms with Gasteiger partial charge in [0, 0.05) is 61.5 Å². The minimum atomic E-state index is -1.27. The van der Waals surface area contributed by atoms with E-state index in [0.29, 0.717) is 44.4 Å². The van der Waals surface area contributed by atoms with Crippen LogP contribution in [0.4, 0.5) is 9.18 Å². The summed E-state index contributed by atoms with van der Waals surface area (Å²) in [5.41, 5.74) is 2.14. The monoisotopic (exact) mass is 421 g/mol. The van der Waals surface area contributed by atoms with E-state index in [1.165, 1.54) is 10.9 Å². The molecule has 5 nitrogen and oxygen atoms in total. The van der Waals surface area contributed by atoms with Crippen molar-refractivity contribution >= 4 is 17.0 Å². The van der Waals surface area contributed by atoms with Crippen LogP contribution in [0.1, 0.15) is 36.3 Å². The molecule has 2 aliphatic rings. The number of hydrogen-bond donors (Lipinski definition) is 2. The Hall–Kier alpha value is -2.86. The van der Waals surface area contributed by atoms with Gasteiger partial charge in [-0.15, -0.1) is 0 Å². The van der Waals surface area contributed by atoms with E-state index >= 15 is 4.39 Å². The molecule has 1 aromatic heterocycles. The van der Waals surface area contributed by atoms with E-state index in [4.69, 9.17) is 4.74 Å². The van der Waals surface area contributed by atoms with Crippen LogP contribution in [-0.2, 0) is 11.3 Å². The number of nitrogens with zero attached hydrogens (tertiary/aromatic N) is 1. The van der Waals surface area contributed by atoms with E-state index in [9.17, 15) is 4.79 Å². The number of alkyl halides is 1. The van der Waals surface area contributed by atoms with Gasteiger partial charge in [-0.1, -0.05) is 48.5 Å². The zero-order valence-corrected chi connectivity index (χ0v) is 17.5. The Morgan fingerprint density at radius 1 is 1.13 bits per heavy atom. The molecular formula is C25H28FN3O2. The number of fused-ring (bicyclic) bond motifs is 1. The van der Waals surface area contributed by atoms with Crippen molar-refractivity contribution in [3.05, 3.63) is 71.9 Å². The summed E-state index contributed by atoms with van der Waals surface area (Å²) in [5, 5.41) is 4.70. The molecule has 5 rings (SSSR count). The fraction of sp³-hybridized carbons (Fsp3) is 0.400. The average molecular weight is 422 g/mol. The SMILES string of the molecule is O=C(OCc1ccccc1)N1CCC(F)(CNC2CC2c2c[nH]c3ccccc23)CC1. The van der Waals surface area contributed by atoms with E-state index in [-0.39, 0.29) is 12.7 Å². The summed E-state index contributed by atoms with van der Waals surface area (Å²) in [4.78, 5) is 17.2. The number of aromatic nitrogens is 1. The maximum Gasteiger partial charge on any atom is 0.410 e. The number of likely N-dealkylation sites (tertiary alicyclic amines) is 1. The van der Waals surface area contributed by atoms with Gasteiger partial charge in [0.1, 0.15) is 12.3 Å². The Bertz CT molecular complexity index is 1040. The van der Waals surface area contributed by atoms with E-state index in [0.717, 1.165) is 17.5 Å². The third kappa shape index (κ3) is 4.44. The highest BCUT2D eigenvalue weighted by molar-refractivity contribution is 5.84. The molecule has 1 saturated heterocycles. The number of piperidine rings is 1. The van der Waals surface area contributed by atoms with Crippen molar-refractivity contribution in [1.82, 2.24) is 15.2 Å². The zero-order chi connectivity index (χ0) is 21.3. The Morgan fingerprint density at radius 3 is 2.68 bits per heavy atom. The summed E-state index contributed by atoms with van der Waals surface area (Å²) in [6.07, 6.45) is 3.44. The first-order valence-corrected chi connectivity index (χ1v) is 11.1. The summed E-state index contributed by atoms with van der Waals surface area (Å²) in [5.74, 6) is 0.438. The third-order valence-corrected chi connectivity index (χ3v) is 6.62. The highest BCUT2D eigenvalue weighted by Crippen LogP contribution is 2.44. The van der Waals surface area contributed by atoms with Gasteiger partial charge in [0.05, 0.1) is 0 Å². The predicted molar refractivity (Wildman–Crippen MR) is 119 cm³/mol. The standard InChI is InChI=1S/C25H28FN3O2/c26-25(10-12-29(13-11-25)24(30)31-16-18-6-2-1-3-7-18)17-28-23-14-20(23)21-15-27-22-9-5-4-8-19(21)22/h1-9,15,20,23,27-28H,10-14,16-17H2. The number of aromatic amines is 1. The van der Waals surface area contributed by atoms with Crippen LogP contribution >= 0.6 is 0 Å². The minimum absolute atomic E-state index is 0.245. The normalized spacial score (nSPS) is 22.4. The number of H-pyrrole nitrogens is 1. The fourth-order valence-electron chi connectivity index (χ4n) is 4.56. The molecule has 0 spiro atoms. The molecule has 1 aliphatic heterocycles. The van der Waals surface area contributed by atoms with E-state index in [1.54, 1.807) is 4.90 Å². The molecule has 1 saturated carbocycles. The molecule has 2 fully saturated rings. The van der Waals surface area contributed by atoms with Crippen LogP contribution in [0, 0.1) is 0 Å². The van der Waals surface area contributed by atoms with Gasteiger partial charge in [0.2, 0.25) is 0 Å². The molecule has 162 valence electrons. The molecule has 2 aromatic carbocycles. The number of hydrogen-bond acceptors (Lipinski definition) is 3. The Kier molecular flexibility index (Phi) is 5.40. The number of ether oxygens (including phenoxy) is 1. The molecule has 0 radical (unpaired) electrons. The van der Waals surface area contributed by atoms with Crippen LogP contribution < -0.4 is 5.32 Å². The van der Waals surface area contributed by atoms with E-state index in [2.05, 4.69) is 34.7 Å². The predicted octanol–water partition coefficient (Wildman–Crippen LogP) is 4.75. The van der Waals surface area contributed by atoms with Crippen LogP contribution in [0.5, 0.6) is 0 Å². The summed E-state index contributed by atoms with van der Waals surface area (Å²) in [6.45, 7) is 1.36. The number of carbonyl (C=O) groups is 1. The largest absolute Gasteiger partial charge is 0.445 e. The Labute approximate surface area is 181 Å². The van der Waals surface area contributed by atoms with Gasteiger partial charge < -0.3 is 19.9 Å². The Morgan fingerprint density at radius 2 is 1.87 bits per heavy atom. The van der Waals surface area contributed by atoms with Crippen LogP contribution in [0.3, 0.4) is 0 Å². The van der Waals surface area contributed by atoms with Gasteiger partial charge in [-0.05, 0) is 23.6 Å². The minimum Gasteiger partial charge on any atom is -0.445 e. The average Bonchev–Trinajstić information content (AvgIpc) is 3.46. The van der Waals surface area contributed by atoms with Crippen LogP contribution in [-0.4, -0.2) is 47.3 Å². The Balaban J connectivity index is 1.08. The topological polar surface area (TPSA) is 57.4 Å². The number of nitrogens with one attached hydrogen (secondary N) is 2. The number of benzene rings is 2. The second-order valence-electron chi connectivity index (χ2n) is 8.80. The van der Waals surface area contributed by atoms with Gasteiger partial charge in [0.25, 0.3) is 0 Å². The molecule has 1 amide bonds. The van der Waals surface area contributed by atoms with Crippen molar-refractivity contribution in [3.63, 3.8) is 0 Å². The molecule has 1 aliphatic carbocycles. The molecule has 31 heavy (non-hydrogen) atoms. The lowest BCUT2D eigenvalue weighted by Crippen LogP contribution is -2.49. The van der Waals surface area contributed by atoms with Gasteiger partial charge in [-0.25, -0.2) is 9.18 Å². The van der Waals surface area contributed by atoms with Gasteiger partial charge in [0.15, 0.2) is 0 Å². The van der Waals surface area contributed by atoms with Gasteiger partial charge in [-0.3, -0.25) is 0 Å². The second-order valence-corrected chi connectivity index (χ2v) is 8.80. The number of para-hydroxylation sites is 1. The first kappa shape index (κ1) is 20.1. The molecule has 3 aromatic rings. The van der Waals surface area contributed by atoms with Crippen molar-refractivity contribution in [2.75, 3.05) is 19.6 Å². The van der Waals surface area contributed by atoms with Crippen molar-refractivity contribution in [1.29, 1.82) is 0 Å². The van der Waals surface area contributed by atoms with Crippen LogP contribution in [0.2, 0.25) is 0 Å². The van der Waals surface area contributed by atoms with Crippen molar-refractivity contribution in [2.24, 2.45) is 0 Å². The molecule has 2 heterocycles. The number of halogens is 1. The second kappa shape index (κ2) is 8.35. The summed E-state index contributed by atoms with van der Waals surface area (Å²) < 4.78 is 20.7. The van der Waals surface area contributed by atoms with Gasteiger partial charge >= 0.3 is 6.09 Å². The molecule has 2 unspecified atom stereocenters. The molecule has 2 atom stereocenters. The van der Waals surface area contributed by atoms with E-state index < -0.39 is 5.67 Å². The van der Waals surface area contributed by atoms with E-state index in [1.807, 2.05) is 36.4 Å². The highest BCUT2D eigenvalue weighted by Gasteiger charge is 2.43. The summed E-state index contributed by atoms with van der Waals surface area (Å²) >= 11 is 0. The molecular weight excluding hydrogens is 393 g/mol. The molecule has 2 N–H and O–H groups in total. The maximum atomic E-state index is 15.3.